The number of hydrogen-bond donors (Lipinski definition) is 2. The van der Waals surface area contributed by atoms with Crippen LogP contribution in [0.2, 0.25) is 0 Å². The second-order valence-electron chi connectivity index (χ2n) is 2.59. The molecule has 0 aromatic carbocycles. The first kappa shape index (κ1) is 12.3. The van der Waals surface area contributed by atoms with Crippen LogP contribution in [0.4, 0.5) is 14.5 Å². The Balaban J connectivity index is 3.62. The van der Waals surface area contributed by atoms with Crippen LogP contribution in [0.1, 0.15) is 12.1 Å². The maximum Gasteiger partial charge on any atom is 0.281 e. The van der Waals surface area contributed by atoms with Gasteiger partial charge in [-0.05, 0) is 22.0 Å². The lowest BCUT2D eigenvalue weighted by Gasteiger charge is -2.09. The minimum atomic E-state index is -4.31. The molecule has 1 heterocycles. The molecule has 0 unspecified atom stereocenters. The normalized spacial score (nSPS) is 12.1. The molecule has 84 valence electrons. The number of nitrogen functional groups attached to an aromatic ring is 1. The second-order valence-corrected chi connectivity index (χ2v) is 4.91. The minimum Gasteiger partial charge on any atom is -0.397 e. The fourth-order valence-electron chi connectivity index (χ4n) is 0.998. The highest BCUT2D eigenvalue weighted by atomic mass is 79.9. The lowest BCUT2D eigenvalue weighted by atomic mass is 10.3. The monoisotopic (exact) mass is 301 g/mol. The number of halogens is 3. The van der Waals surface area contributed by atoms with Gasteiger partial charge in [0.2, 0.25) is 10.0 Å². The van der Waals surface area contributed by atoms with Gasteiger partial charge in [0.15, 0.2) is 0 Å². The molecule has 15 heavy (non-hydrogen) atoms. The molecule has 9 heteroatoms. The van der Waals surface area contributed by atoms with E-state index in [1.165, 1.54) is 0 Å². The standard InChI is InChI=1S/C6H6BrF2N3O2S/c7-3-1-2(10)5(15(11,13)14)4(12-3)6(8)9/h1,6H,(H2,10,12)(H2,11,13,14). The molecule has 4 N–H and O–H groups in total. The Bertz CT molecular complexity index is 491. The third kappa shape index (κ3) is 2.61. The van der Waals surface area contributed by atoms with Crippen LogP contribution in [0, 0.1) is 0 Å². The molecule has 0 bridgehead atoms. The van der Waals surface area contributed by atoms with Crippen LogP contribution < -0.4 is 10.9 Å². The molecule has 0 atom stereocenters. The highest BCUT2D eigenvalue weighted by Gasteiger charge is 2.25. The maximum absolute atomic E-state index is 12.5. The first-order chi connectivity index (χ1) is 6.73. The zero-order valence-corrected chi connectivity index (χ0v) is 9.52. The Morgan fingerprint density at radius 1 is 1.47 bits per heavy atom. The molecule has 1 rings (SSSR count). The van der Waals surface area contributed by atoms with Gasteiger partial charge in [-0.2, -0.15) is 0 Å². The first-order valence-corrected chi connectivity index (χ1v) is 5.84. The van der Waals surface area contributed by atoms with Gasteiger partial charge >= 0.3 is 0 Å². The van der Waals surface area contributed by atoms with Crippen molar-refractivity contribution >= 4 is 31.6 Å². The number of anilines is 1. The molecule has 0 saturated carbocycles. The fraction of sp³-hybridized carbons (Fsp3) is 0.167. The zero-order chi connectivity index (χ0) is 11.8. The fourth-order valence-corrected chi connectivity index (χ4v) is 2.25. The van der Waals surface area contributed by atoms with Crippen molar-refractivity contribution in [2.24, 2.45) is 5.14 Å². The van der Waals surface area contributed by atoms with Gasteiger partial charge in [0, 0.05) is 0 Å². The number of rotatable bonds is 2. The quantitative estimate of drug-likeness (QED) is 0.796. The Kier molecular flexibility index (Phi) is 3.26. The van der Waals surface area contributed by atoms with Crippen molar-refractivity contribution < 1.29 is 17.2 Å². The number of pyridine rings is 1. The molecule has 0 aliphatic rings. The van der Waals surface area contributed by atoms with E-state index in [0.29, 0.717) is 0 Å². The molecule has 0 aliphatic carbocycles. The van der Waals surface area contributed by atoms with Crippen molar-refractivity contribution in [2.75, 3.05) is 5.73 Å². The van der Waals surface area contributed by atoms with Crippen molar-refractivity contribution in [3.8, 4) is 0 Å². The number of alkyl halides is 2. The summed E-state index contributed by atoms with van der Waals surface area (Å²) in [5.74, 6) is 0. The van der Waals surface area contributed by atoms with Crippen molar-refractivity contribution in [1.82, 2.24) is 4.98 Å². The number of aromatic nitrogens is 1. The summed E-state index contributed by atoms with van der Waals surface area (Å²) in [6, 6.07) is 1.09. The van der Waals surface area contributed by atoms with Crippen molar-refractivity contribution in [1.29, 1.82) is 0 Å². The van der Waals surface area contributed by atoms with Crippen LogP contribution in [0.25, 0.3) is 0 Å². The summed E-state index contributed by atoms with van der Waals surface area (Å²) in [6.07, 6.45) is -3.07. The largest absolute Gasteiger partial charge is 0.397 e. The van der Waals surface area contributed by atoms with E-state index in [2.05, 4.69) is 20.9 Å². The van der Waals surface area contributed by atoms with Crippen LogP contribution >= 0.6 is 15.9 Å². The Labute approximate surface area is 92.7 Å². The summed E-state index contributed by atoms with van der Waals surface area (Å²) in [5.41, 5.74) is 3.96. The summed E-state index contributed by atoms with van der Waals surface area (Å²) >= 11 is 2.82. The van der Waals surface area contributed by atoms with E-state index in [-0.39, 0.29) is 10.3 Å². The molecular formula is C6H6BrF2N3O2S. The predicted molar refractivity (Wildman–Crippen MR) is 52.7 cm³/mol. The molecule has 1 aromatic rings. The average molecular weight is 302 g/mol. The van der Waals surface area contributed by atoms with E-state index < -0.39 is 27.0 Å². The molecule has 0 spiro atoms. The van der Waals surface area contributed by atoms with Crippen LogP contribution in [0.15, 0.2) is 15.6 Å². The second kappa shape index (κ2) is 3.99. The number of nitrogens with zero attached hydrogens (tertiary/aromatic N) is 1. The van der Waals surface area contributed by atoms with Gasteiger partial charge in [0.05, 0.1) is 5.69 Å². The Morgan fingerprint density at radius 3 is 2.40 bits per heavy atom. The highest BCUT2D eigenvalue weighted by Crippen LogP contribution is 2.30. The molecule has 1 aromatic heterocycles. The number of primary sulfonamides is 1. The van der Waals surface area contributed by atoms with Crippen LogP contribution in [0.3, 0.4) is 0 Å². The summed E-state index contributed by atoms with van der Waals surface area (Å²) in [6.45, 7) is 0. The van der Waals surface area contributed by atoms with Gasteiger partial charge in [-0.25, -0.2) is 27.3 Å². The molecule has 0 radical (unpaired) electrons. The Hall–Kier alpha value is -0.800. The SMILES string of the molecule is Nc1cc(Br)nc(C(F)F)c1S(N)(=O)=O. The van der Waals surface area contributed by atoms with Gasteiger partial charge in [0.1, 0.15) is 15.2 Å². The minimum absolute atomic E-state index is 0.0164. The molecule has 0 fully saturated rings. The van der Waals surface area contributed by atoms with Gasteiger partial charge < -0.3 is 5.73 Å². The molecule has 0 aliphatic heterocycles. The van der Waals surface area contributed by atoms with Crippen LogP contribution in [-0.4, -0.2) is 13.4 Å². The van der Waals surface area contributed by atoms with E-state index >= 15 is 0 Å². The Morgan fingerprint density at radius 2 is 2.00 bits per heavy atom. The third-order valence-electron chi connectivity index (χ3n) is 1.49. The van der Waals surface area contributed by atoms with E-state index in [0.717, 1.165) is 6.07 Å². The summed E-state index contributed by atoms with van der Waals surface area (Å²) in [5, 5.41) is 4.75. The lowest BCUT2D eigenvalue weighted by molar-refractivity contribution is 0.142. The summed E-state index contributed by atoms with van der Waals surface area (Å²) in [7, 11) is -4.31. The summed E-state index contributed by atoms with van der Waals surface area (Å²) in [4.78, 5) is 2.49. The van der Waals surface area contributed by atoms with Gasteiger partial charge in [-0.15, -0.1) is 0 Å². The van der Waals surface area contributed by atoms with Crippen molar-refractivity contribution in [2.45, 2.75) is 11.3 Å². The number of sulfonamides is 1. The lowest BCUT2D eigenvalue weighted by Crippen LogP contribution is -2.18. The smallest absolute Gasteiger partial charge is 0.281 e. The third-order valence-corrected chi connectivity index (χ3v) is 2.91. The van der Waals surface area contributed by atoms with Gasteiger partial charge in [-0.1, -0.05) is 0 Å². The highest BCUT2D eigenvalue weighted by molar-refractivity contribution is 9.10. The van der Waals surface area contributed by atoms with Gasteiger partial charge in [-0.3, -0.25) is 0 Å². The van der Waals surface area contributed by atoms with Crippen LogP contribution in [-0.2, 0) is 10.0 Å². The number of nitrogens with two attached hydrogens (primary N) is 2. The molecule has 5 nitrogen and oxygen atoms in total. The van der Waals surface area contributed by atoms with Crippen molar-refractivity contribution in [3.05, 3.63) is 16.4 Å². The molecule has 0 saturated heterocycles. The predicted octanol–water partition coefficient (Wildman–Crippen LogP) is 1.01. The first-order valence-electron chi connectivity index (χ1n) is 3.50. The average Bonchev–Trinajstić information content (AvgIpc) is 1.99. The van der Waals surface area contributed by atoms with Gasteiger partial charge in [0.25, 0.3) is 6.43 Å². The van der Waals surface area contributed by atoms with E-state index in [1.807, 2.05) is 0 Å². The maximum atomic E-state index is 12.5. The van der Waals surface area contributed by atoms with E-state index in [9.17, 15) is 17.2 Å². The molecular weight excluding hydrogens is 296 g/mol. The summed E-state index contributed by atoms with van der Waals surface area (Å²) < 4.78 is 46.9. The number of hydrogen-bond acceptors (Lipinski definition) is 4. The van der Waals surface area contributed by atoms with E-state index in [4.69, 9.17) is 10.9 Å². The van der Waals surface area contributed by atoms with Crippen molar-refractivity contribution in [3.63, 3.8) is 0 Å². The van der Waals surface area contributed by atoms with Crippen LogP contribution in [0.5, 0.6) is 0 Å². The zero-order valence-electron chi connectivity index (χ0n) is 7.12. The topological polar surface area (TPSA) is 99.1 Å². The van der Waals surface area contributed by atoms with E-state index in [1.54, 1.807) is 0 Å². The molecule has 0 amide bonds.